The van der Waals surface area contributed by atoms with Crippen LogP contribution in [0, 0.1) is 5.95 Å². The van der Waals surface area contributed by atoms with Gasteiger partial charge in [-0.15, -0.1) is 13.2 Å². The second-order valence-electron chi connectivity index (χ2n) is 12.4. The molecular formula is C39H31F4N3O. The van der Waals surface area contributed by atoms with Crippen LogP contribution in [0.5, 0.6) is 5.75 Å². The number of pyridine rings is 1. The molecule has 4 aromatic rings. The first-order chi connectivity index (χ1) is 22.8. The van der Waals surface area contributed by atoms with Crippen molar-refractivity contribution in [3.8, 4) is 16.9 Å². The lowest BCUT2D eigenvalue weighted by Gasteiger charge is -2.38. The molecule has 1 aromatic heterocycles. The average Bonchev–Trinajstić information content (AvgIpc) is 3.62. The summed E-state index contributed by atoms with van der Waals surface area (Å²) >= 11 is 0. The molecule has 2 atom stereocenters. The van der Waals surface area contributed by atoms with Gasteiger partial charge in [0.15, 0.2) is 0 Å². The van der Waals surface area contributed by atoms with E-state index in [2.05, 4.69) is 62.6 Å². The Kier molecular flexibility index (Phi) is 7.04. The molecule has 8 heteroatoms. The first kappa shape index (κ1) is 29.3. The molecule has 47 heavy (non-hydrogen) atoms. The van der Waals surface area contributed by atoms with Gasteiger partial charge in [0.25, 0.3) is 0 Å². The fourth-order valence-electron chi connectivity index (χ4n) is 7.65. The Bertz CT molecular complexity index is 1990. The number of allylic oxidation sites excluding steroid dienone is 6. The Morgan fingerprint density at radius 2 is 1.81 bits per heavy atom. The molecule has 236 valence electrons. The lowest BCUT2D eigenvalue weighted by atomic mass is 9.67. The summed E-state index contributed by atoms with van der Waals surface area (Å²) < 4.78 is 58.2. The van der Waals surface area contributed by atoms with Gasteiger partial charge in [0.2, 0.25) is 5.95 Å². The third kappa shape index (κ3) is 5.22. The van der Waals surface area contributed by atoms with E-state index in [9.17, 15) is 17.6 Å². The Morgan fingerprint density at radius 3 is 2.60 bits per heavy atom. The molecule has 0 fully saturated rings. The highest BCUT2D eigenvalue weighted by Crippen LogP contribution is 2.48. The highest BCUT2D eigenvalue weighted by molar-refractivity contribution is 5.90. The van der Waals surface area contributed by atoms with Crippen molar-refractivity contribution in [2.75, 3.05) is 6.67 Å². The molecule has 0 bridgehead atoms. The standard InChI is InChI=1S/C39H31F4N3O/c40-37-30(7-3-19-45-37)26-4-1-5-28(22-26)38(27-10-12-29(13-11-27)47-39(41,42)43)18-17-25-9-14-32-31-6-2-8-36(46-21-20-44-24-46)34(31)16-15-33(32)35(25)23-38/h1,3-5,7,9-13,15-23,36,44H,2,6,8,14,24H2. The van der Waals surface area contributed by atoms with Gasteiger partial charge >= 0.3 is 6.36 Å². The molecule has 0 saturated heterocycles. The molecule has 8 rings (SSSR count). The van der Waals surface area contributed by atoms with E-state index in [1.807, 2.05) is 30.5 Å². The van der Waals surface area contributed by atoms with E-state index in [4.69, 9.17) is 0 Å². The highest BCUT2D eigenvalue weighted by atomic mass is 19.4. The summed E-state index contributed by atoms with van der Waals surface area (Å²) in [6.07, 6.45) is 13.5. The lowest BCUT2D eigenvalue weighted by molar-refractivity contribution is -0.274. The molecule has 0 amide bonds. The summed E-state index contributed by atoms with van der Waals surface area (Å²) in [6.45, 7) is 0.804. The molecule has 3 aliphatic carbocycles. The zero-order valence-corrected chi connectivity index (χ0v) is 25.4. The van der Waals surface area contributed by atoms with Gasteiger partial charge in [-0.3, -0.25) is 0 Å². The van der Waals surface area contributed by atoms with Crippen molar-refractivity contribution in [2.24, 2.45) is 0 Å². The zero-order valence-electron chi connectivity index (χ0n) is 25.4. The van der Waals surface area contributed by atoms with Gasteiger partial charge < -0.3 is 15.0 Å². The first-order valence-corrected chi connectivity index (χ1v) is 15.8. The van der Waals surface area contributed by atoms with E-state index in [0.717, 1.165) is 54.6 Å². The molecule has 0 radical (unpaired) electrons. The predicted octanol–water partition coefficient (Wildman–Crippen LogP) is 8.92. The van der Waals surface area contributed by atoms with Crippen molar-refractivity contribution in [1.82, 2.24) is 15.2 Å². The van der Waals surface area contributed by atoms with Crippen molar-refractivity contribution in [2.45, 2.75) is 43.5 Å². The van der Waals surface area contributed by atoms with Crippen LogP contribution in [0.4, 0.5) is 17.6 Å². The SMILES string of the molecule is Fc1ncccc1-c1cccc(C2(c3ccc(OC(F)(F)F)cc3)C=CC3=CCc4c(ccc5c4CCCC5N4C=CNC4)C3=C2)c1. The summed E-state index contributed by atoms with van der Waals surface area (Å²) in [5.74, 6) is -0.859. The van der Waals surface area contributed by atoms with Crippen molar-refractivity contribution in [3.05, 3.63) is 161 Å². The maximum atomic E-state index is 14.8. The van der Waals surface area contributed by atoms with Gasteiger partial charge in [-0.2, -0.15) is 4.39 Å². The fraction of sp³-hybridized carbons (Fsp3) is 0.205. The summed E-state index contributed by atoms with van der Waals surface area (Å²) in [7, 11) is 0. The number of nitrogens with one attached hydrogen (secondary N) is 1. The molecule has 4 nitrogen and oxygen atoms in total. The van der Waals surface area contributed by atoms with Crippen LogP contribution < -0.4 is 10.1 Å². The Labute approximate surface area is 270 Å². The molecule has 0 spiro atoms. The summed E-state index contributed by atoms with van der Waals surface area (Å²) in [5.41, 5.74) is 9.28. The normalized spacial score (nSPS) is 21.3. The lowest BCUT2D eigenvalue weighted by Crippen LogP contribution is -2.30. The minimum atomic E-state index is -4.79. The Balaban J connectivity index is 1.28. The van der Waals surface area contributed by atoms with Gasteiger partial charge in [-0.05, 0) is 106 Å². The van der Waals surface area contributed by atoms with E-state index < -0.39 is 17.7 Å². The number of fused-ring (bicyclic) bond motifs is 5. The van der Waals surface area contributed by atoms with Crippen molar-refractivity contribution >= 4 is 5.57 Å². The maximum absolute atomic E-state index is 14.8. The molecule has 1 N–H and O–H groups in total. The second kappa shape index (κ2) is 11.3. The van der Waals surface area contributed by atoms with Crippen molar-refractivity contribution < 1.29 is 22.3 Å². The molecule has 3 aromatic carbocycles. The smallest absolute Gasteiger partial charge is 0.406 e. The molecule has 1 aliphatic heterocycles. The van der Waals surface area contributed by atoms with Gasteiger partial charge in [-0.1, -0.05) is 66.8 Å². The van der Waals surface area contributed by atoms with Crippen LogP contribution in [0.3, 0.4) is 0 Å². The van der Waals surface area contributed by atoms with E-state index in [0.29, 0.717) is 17.2 Å². The van der Waals surface area contributed by atoms with Crippen LogP contribution in [-0.2, 0) is 18.3 Å². The third-order valence-corrected chi connectivity index (χ3v) is 9.79. The van der Waals surface area contributed by atoms with Gasteiger partial charge in [0.05, 0.1) is 18.1 Å². The second-order valence-corrected chi connectivity index (χ2v) is 12.4. The van der Waals surface area contributed by atoms with Crippen LogP contribution in [-0.4, -0.2) is 22.9 Å². The first-order valence-electron chi connectivity index (χ1n) is 15.8. The van der Waals surface area contributed by atoms with E-state index in [1.165, 1.54) is 40.6 Å². The van der Waals surface area contributed by atoms with Crippen LogP contribution in [0.1, 0.15) is 52.3 Å². The number of nitrogens with zero attached hydrogens (tertiary/aromatic N) is 2. The molecule has 2 heterocycles. The van der Waals surface area contributed by atoms with Crippen molar-refractivity contribution in [1.29, 1.82) is 0 Å². The topological polar surface area (TPSA) is 37.4 Å². The number of halogens is 4. The van der Waals surface area contributed by atoms with Gasteiger partial charge in [0, 0.05) is 24.2 Å². The number of alkyl halides is 3. The quantitative estimate of drug-likeness (QED) is 0.176. The Morgan fingerprint density at radius 1 is 0.936 bits per heavy atom. The van der Waals surface area contributed by atoms with Crippen LogP contribution in [0.25, 0.3) is 16.7 Å². The van der Waals surface area contributed by atoms with Crippen molar-refractivity contribution in [3.63, 3.8) is 0 Å². The fourth-order valence-corrected chi connectivity index (χ4v) is 7.65. The number of ether oxygens (including phenoxy) is 1. The molecule has 4 aliphatic rings. The maximum Gasteiger partial charge on any atom is 0.573 e. The summed E-state index contributed by atoms with van der Waals surface area (Å²) in [4.78, 5) is 6.21. The minimum Gasteiger partial charge on any atom is -0.406 e. The number of hydrogen-bond acceptors (Lipinski definition) is 4. The van der Waals surface area contributed by atoms with Crippen LogP contribution >= 0.6 is 0 Å². The average molecular weight is 634 g/mol. The number of hydrogen-bond donors (Lipinski definition) is 1. The largest absolute Gasteiger partial charge is 0.573 e. The zero-order chi connectivity index (χ0) is 32.2. The summed E-state index contributed by atoms with van der Waals surface area (Å²) in [5, 5.41) is 3.30. The molecular weight excluding hydrogens is 602 g/mol. The van der Waals surface area contributed by atoms with Crippen LogP contribution in [0.2, 0.25) is 0 Å². The van der Waals surface area contributed by atoms with Gasteiger partial charge in [-0.25, -0.2) is 4.98 Å². The number of aromatic nitrogens is 1. The summed E-state index contributed by atoms with van der Waals surface area (Å²) in [6, 6.07) is 21.9. The van der Waals surface area contributed by atoms with E-state index >= 15 is 0 Å². The number of rotatable bonds is 5. The van der Waals surface area contributed by atoms with Crippen LogP contribution in [0.15, 0.2) is 121 Å². The molecule has 2 unspecified atom stereocenters. The predicted molar refractivity (Wildman–Crippen MR) is 174 cm³/mol. The van der Waals surface area contributed by atoms with E-state index in [-0.39, 0.29) is 5.75 Å². The van der Waals surface area contributed by atoms with E-state index in [1.54, 1.807) is 24.3 Å². The monoisotopic (exact) mass is 633 g/mol. The van der Waals surface area contributed by atoms with Gasteiger partial charge in [0.1, 0.15) is 5.75 Å². The molecule has 0 saturated carbocycles. The third-order valence-electron chi connectivity index (χ3n) is 9.79. The Hall–Kier alpha value is -5.11. The number of benzene rings is 3. The highest BCUT2D eigenvalue weighted by Gasteiger charge is 2.37. The minimum absolute atomic E-state index is 0.289.